The number of benzene rings is 2. The first-order valence-corrected chi connectivity index (χ1v) is 6.25. The zero-order chi connectivity index (χ0) is 14.5. The minimum Gasteiger partial charge on any atom is -0.497 e. The number of hydrogen-bond acceptors (Lipinski definition) is 3. The fourth-order valence-electron chi connectivity index (χ4n) is 1.77. The minimum absolute atomic E-state index is 0.527. The Morgan fingerprint density at radius 2 is 1.70 bits per heavy atom. The number of aliphatic carboxylic acids is 1. The summed E-state index contributed by atoms with van der Waals surface area (Å²) in [6, 6.07) is 14.3. The van der Waals surface area contributed by atoms with Crippen molar-refractivity contribution in [2.24, 2.45) is 0 Å². The van der Waals surface area contributed by atoms with Gasteiger partial charge in [-0.3, -0.25) is 4.79 Å². The predicted octanol–water partition coefficient (Wildman–Crippen LogP) is 3.68. The second-order valence-electron chi connectivity index (χ2n) is 4.41. The van der Waals surface area contributed by atoms with Crippen LogP contribution in [-0.2, 0) is 4.79 Å². The quantitative estimate of drug-likeness (QED) is 0.902. The van der Waals surface area contributed by atoms with Gasteiger partial charge in [0.05, 0.1) is 13.0 Å². The fraction of sp³-hybridized carbons (Fsp3) is 0.188. The van der Waals surface area contributed by atoms with Gasteiger partial charge in [0.1, 0.15) is 17.2 Å². The van der Waals surface area contributed by atoms with Crippen molar-refractivity contribution in [2.75, 3.05) is 7.11 Å². The molecule has 0 spiro atoms. The highest BCUT2D eigenvalue weighted by Gasteiger charge is 2.13. The van der Waals surface area contributed by atoms with E-state index in [1.165, 1.54) is 0 Å². The van der Waals surface area contributed by atoms with Gasteiger partial charge in [-0.1, -0.05) is 18.2 Å². The number of methoxy groups -OCH3 is 1. The molecule has 0 aliphatic rings. The Balaban J connectivity index is 2.12. The van der Waals surface area contributed by atoms with Gasteiger partial charge in [0.2, 0.25) is 0 Å². The highest BCUT2D eigenvalue weighted by molar-refractivity contribution is 5.75. The predicted molar refractivity (Wildman–Crippen MR) is 75.6 cm³/mol. The summed E-state index contributed by atoms with van der Waals surface area (Å²) in [5, 5.41) is 8.95. The lowest BCUT2D eigenvalue weighted by atomic mass is 10.0. The molecule has 1 atom stereocenters. The Hall–Kier alpha value is -2.49. The highest BCUT2D eigenvalue weighted by Crippen LogP contribution is 2.26. The van der Waals surface area contributed by atoms with Crippen LogP contribution in [-0.4, -0.2) is 18.2 Å². The summed E-state index contributed by atoms with van der Waals surface area (Å²) in [5.41, 5.74) is 0.746. The molecule has 2 rings (SSSR count). The van der Waals surface area contributed by atoms with Gasteiger partial charge in [-0.25, -0.2) is 0 Å². The average molecular weight is 272 g/mol. The first-order valence-electron chi connectivity index (χ1n) is 6.25. The van der Waals surface area contributed by atoms with Crippen molar-refractivity contribution in [1.29, 1.82) is 0 Å². The largest absolute Gasteiger partial charge is 0.497 e. The second kappa shape index (κ2) is 6.10. The molecule has 1 unspecified atom stereocenters. The smallest absolute Gasteiger partial charge is 0.310 e. The van der Waals surface area contributed by atoms with E-state index in [4.69, 9.17) is 14.6 Å². The maximum absolute atomic E-state index is 10.9. The summed E-state index contributed by atoms with van der Waals surface area (Å²) >= 11 is 0. The zero-order valence-corrected chi connectivity index (χ0v) is 11.4. The van der Waals surface area contributed by atoms with Gasteiger partial charge < -0.3 is 14.6 Å². The van der Waals surface area contributed by atoms with Crippen LogP contribution in [0.3, 0.4) is 0 Å². The van der Waals surface area contributed by atoms with Crippen LogP contribution in [0.25, 0.3) is 0 Å². The van der Waals surface area contributed by atoms with E-state index in [0.717, 1.165) is 11.3 Å². The van der Waals surface area contributed by atoms with Crippen LogP contribution in [0.15, 0.2) is 48.5 Å². The van der Waals surface area contributed by atoms with E-state index in [-0.39, 0.29) is 0 Å². The van der Waals surface area contributed by atoms with Crippen LogP contribution in [0.5, 0.6) is 17.2 Å². The van der Waals surface area contributed by atoms with E-state index >= 15 is 0 Å². The fourth-order valence-corrected chi connectivity index (χ4v) is 1.77. The molecular weight excluding hydrogens is 256 g/mol. The number of rotatable bonds is 5. The molecule has 20 heavy (non-hydrogen) atoms. The van der Waals surface area contributed by atoms with Gasteiger partial charge in [-0.15, -0.1) is 0 Å². The molecule has 4 heteroatoms. The maximum atomic E-state index is 10.9. The Labute approximate surface area is 117 Å². The Kier molecular flexibility index (Phi) is 4.25. The molecule has 0 radical (unpaired) electrons. The molecule has 2 aromatic carbocycles. The summed E-state index contributed by atoms with van der Waals surface area (Å²) < 4.78 is 10.8. The first kappa shape index (κ1) is 13.9. The third kappa shape index (κ3) is 3.29. The van der Waals surface area contributed by atoms with Gasteiger partial charge in [0.15, 0.2) is 0 Å². The molecule has 0 amide bonds. The molecule has 0 saturated carbocycles. The summed E-state index contributed by atoms with van der Waals surface area (Å²) in [6.07, 6.45) is 0. The van der Waals surface area contributed by atoms with Gasteiger partial charge in [0, 0.05) is 6.07 Å². The number of hydrogen-bond donors (Lipinski definition) is 1. The summed E-state index contributed by atoms with van der Waals surface area (Å²) in [7, 11) is 1.60. The van der Waals surface area contributed by atoms with Crippen LogP contribution >= 0.6 is 0 Å². The van der Waals surface area contributed by atoms with Crippen LogP contribution < -0.4 is 9.47 Å². The molecule has 0 aliphatic carbocycles. The van der Waals surface area contributed by atoms with Crippen molar-refractivity contribution in [2.45, 2.75) is 12.8 Å². The Morgan fingerprint density at radius 1 is 1.05 bits per heavy atom. The lowest BCUT2D eigenvalue weighted by Crippen LogP contribution is -2.06. The van der Waals surface area contributed by atoms with Gasteiger partial charge in [-0.2, -0.15) is 0 Å². The summed E-state index contributed by atoms with van der Waals surface area (Å²) in [4.78, 5) is 10.9. The third-order valence-electron chi connectivity index (χ3n) is 3.03. The lowest BCUT2D eigenvalue weighted by molar-refractivity contribution is -0.138. The van der Waals surface area contributed by atoms with E-state index < -0.39 is 11.9 Å². The van der Waals surface area contributed by atoms with Crippen LogP contribution in [0.4, 0.5) is 0 Å². The lowest BCUT2D eigenvalue weighted by Gasteiger charge is -2.09. The standard InChI is InChI=1S/C16H16O4/c1-11(16(17)18)12-6-8-13(9-7-12)20-15-5-3-4-14(10-15)19-2/h3-11H,1-2H3,(H,17,18). The first-order chi connectivity index (χ1) is 9.60. The van der Waals surface area contributed by atoms with Gasteiger partial charge >= 0.3 is 5.97 Å². The summed E-state index contributed by atoms with van der Waals surface area (Å²) in [5.74, 6) is 0.675. The van der Waals surface area contributed by atoms with Crippen molar-refractivity contribution in [3.05, 3.63) is 54.1 Å². The van der Waals surface area contributed by atoms with E-state index in [9.17, 15) is 4.79 Å². The second-order valence-corrected chi connectivity index (χ2v) is 4.41. The van der Waals surface area contributed by atoms with Gasteiger partial charge in [-0.05, 0) is 36.8 Å². The molecule has 1 N–H and O–H groups in total. The number of ether oxygens (including phenoxy) is 2. The molecule has 2 aromatic rings. The van der Waals surface area contributed by atoms with E-state index in [0.29, 0.717) is 11.5 Å². The van der Waals surface area contributed by atoms with Crippen molar-refractivity contribution in [3.8, 4) is 17.2 Å². The molecule has 0 aromatic heterocycles. The number of carboxylic acids is 1. The molecule has 0 bridgehead atoms. The zero-order valence-electron chi connectivity index (χ0n) is 11.4. The average Bonchev–Trinajstić information content (AvgIpc) is 2.47. The summed E-state index contributed by atoms with van der Waals surface area (Å²) in [6.45, 7) is 1.65. The maximum Gasteiger partial charge on any atom is 0.310 e. The van der Waals surface area contributed by atoms with Crippen molar-refractivity contribution >= 4 is 5.97 Å². The highest BCUT2D eigenvalue weighted by atomic mass is 16.5. The van der Waals surface area contributed by atoms with E-state index in [2.05, 4.69) is 0 Å². The molecule has 0 aliphatic heterocycles. The number of carbonyl (C=O) groups is 1. The third-order valence-corrected chi connectivity index (χ3v) is 3.03. The van der Waals surface area contributed by atoms with Crippen molar-refractivity contribution in [1.82, 2.24) is 0 Å². The SMILES string of the molecule is COc1cccc(Oc2ccc(C(C)C(=O)O)cc2)c1. The van der Waals surface area contributed by atoms with Crippen molar-refractivity contribution in [3.63, 3.8) is 0 Å². The molecule has 4 nitrogen and oxygen atoms in total. The minimum atomic E-state index is -0.841. The van der Waals surface area contributed by atoms with Crippen LogP contribution in [0, 0.1) is 0 Å². The van der Waals surface area contributed by atoms with Gasteiger partial charge in [0.25, 0.3) is 0 Å². The molecule has 0 fully saturated rings. The number of carboxylic acid groups (broad SMARTS) is 1. The van der Waals surface area contributed by atoms with Crippen LogP contribution in [0.2, 0.25) is 0 Å². The Morgan fingerprint density at radius 3 is 2.30 bits per heavy atom. The van der Waals surface area contributed by atoms with E-state index in [1.807, 2.05) is 18.2 Å². The Bertz CT molecular complexity index is 590. The molecule has 104 valence electrons. The topological polar surface area (TPSA) is 55.8 Å². The molecule has 0 heterocycles. The monoisotopic (exact) mass is 272 g/mol. The molecular formula is C16H16O4. The molecule has 0 saturated heterocycles. The van der Waals surface area contributed by atoms with E-state index in [1.54, 1.807) is 44.4 Å². The normalized spacial score (nSPS) is 11.7. The van der Waals surface area contributed by atoms with Crippen LogP contribution in [0.1, 0.15) is 18.4 Å². The van der Waals surface area contributed by atoms with Crippen molar-refractivity contribution < 1.29 is 19.4 Å².